The minimum Gasteiger partial charge on any atom is -0.462 e. The molecule has 0 aliphatic rings. The Hall–Kier alpha value is -4.28. The van der Waals surface area contributed by atoms with E-state index in [1.165, 1.54) is 96.3 Å². The summed E-state index contributed by atoms with van der Waals surface area (Å²) in [5.41, 5.74) is 0. The third-order valence-electron chi connectivity index (χ3n) is 16.2. The third kappa shape index (κ3) is 72.1. The molecule has 0 aromatic rings. The van der Waals surface area contributed by atoms with Crippen LogP contribution >= 0.6 is 15.6 Å². The van der Waals surface area contributed by atoms with Crippen molar-refractivity contribution in [3.8, 4) is 0 Å². The van der Waals surface area contributed by atoms with Crippen molar-refractivity contribution in [1.82, 2.24) is 0 Å². The molecule has 576 valence electrons. The first-order chi connectivity index (χ1) is 48.7. The molecule has 19 heteroatoms. The number of unbranched alkanes of at least 4 members (excludes halogenated alkanes) is 31. The number of allylic oxidation sites excluding steroid dienone is 18. The largest absolute Gasteiger partial charge is 0.472 e. The van der Waals surface area contributed by atoms with E-state index >= 15 is 0 Å². The fourth-order valence-electron chi connectivity index (χ4n) is 10.2. The van der Waals surface area contributed by atoms with Crippen LogP contribution in [0, 0.1) is 0 Å². The number of aliphatic hydroxyl groups excluding tert-OH is 1. The number of phosphoric ester groups is 2. The van der Waals surface area contributed by atoms with Crippen molar-refractivity contribution in [3.63, 3.8) is 0 Å². The molecule has 0 heterocycles. The molecule has 0 spiro atoms. The number of esters is 4. The summed E-state index contributed by atoms with van der Waals surface area (Å²) in [5.74, 6) is -2.28. The quantitative estimate of drug-likeness (QED) is 0.0128. The lowest BCUT2D eigenvalue weighted by Gasteiger charge is -2.21. The van der Waals surface area contributed by atoms with Crippen LogP contribution < -0.4 is 0 Å². The van der Waals surface area contributed by atoms with Crippen LogP contribution in [0.1, 0.15) is 323 Å². The minimum absolute atomic E-state index is 0.0144. The average molecular weight is 1450 g/mol. The third-order valence-corrected chi connectivity index (χ3v) is 18.1. The number of hydrogen-bond acceptors (Lipinski definition) is 15. The van der Waals surface area contributed by atoms with Gasteiger partial charge in [0.05, 0.1) is 26.4 Å². The summed E-state index contributed by atoms with van der Waals surface area (Å²) < 4.78 is 68.4. The highest BCUT2D eigenvalue weighted by Gasteiger charge is 2.30. The fourth-order valence-corrected chi connectivity index (χ4v) is 11.8. The Morgan fingerprint density at radius 2 is 0.530 bits per heavy atom. The van der Waals surface area contributed by atoms with Crippen LogP contribution in [0.2, 0.25) is 0 Å². The molecule has 0 amide bonds. The number of phosphoric acid groups is 2. The average Bonchev–Trinajstić information content (AvgIpc) is 0.962. The van der Waals surface area contributed by atoms with Gasteiger partial charge in [-0.25, -0.2) is 9.13 Å². The smallest absolute Gasteiger partial charge is 0.462 e. The topological polar surface area (TPSA) is 237 Å². The predicted molar refractivity (Wildman–Crippen MR) is 408 cm³/mol. The van der Waals surface area contributed by atoms with Gasteiger partial charge in [-0.1, -0.05) is 265 Å². The fraction of sp³-hybridized carbons (Fsp3) is 0.728. The van der Waals surface area contributed by atoms with E-state index in [0.29, 0.717) is 32.1 Å². The van der Waals surface area contributed by atoms with Gasteiger partial charge >= 0.3 is 39.5 Å². The molecule has 0 bridgehead atoms. The molecule has 3 N–H and O–H groups in total. The highest BCUT2D eigenvalue weighted by molar-refractivity contribution is 7.47. The minimum atomic E-state index is -4.99. The Kier molecular flexibility index (Phi) is 69.9. The van der Waals surface area contributed by atoms with Gasteiger partial charge < -0.3 is 33.8 Å². The molecular formula is C81H140O17P2. The molecule has 0 aliphatic heterocycles. The van der Waals surface area contributed by atoms with Crippen LogP contribution in [0.15, 0.2) is 109 Å². The molecule has 0 aromatic carbocycles. The highest BCUT2D eigenvalue weighted by atomic mass is 31.2. The normalized spacial score (nSPS) is 14.5. The zero-order chi connectivity index (χ0) is 73.2. The zero-order valence-electron chi connectivity index (χ0n) is 62.8. The molecule has 0 saturated heterocycles. The number of ether oxygens (including phenoxy) is 4. The Bertz CT molecular complexity index is 2320. The van der Waals surface area contributed by atoms with Crippen molar-refractivity contribution in [3.05, 3.63) is 109 Å². The molecule has 17 nitrogen and oxygen atoms in total. The van der Waals surface area contributed by atoms with Crippen LogP contribution in [-0.4, -0.2) is 96.7 Å². The number of hydrogen-bond donors (Lipinski definition) is 3. The number of carbonyl (C=O) groups is 4. The summed E-state index contributed by atoms with van der Waals surface area (Å²) in [7, 11) is -9.98. The van der Waals surface area contributed by atoms with Gasteiger partial charge in [0.25, 0.3) is 0 Å². The van der Waals surface area contributed by atoms with Crippen LogP contribution in [0.3, 0.4) is 0 Å². The Morgan fingerprint density at radius 1 is 0.290 bits per heavy atom. The SMILES string of the molecule is CCCCC/C=C\C/C=C\C/C=C\C/C=C\CCCC(=O)O[C@H](COC(=O)CCCCCCC/C=C\C=C/CCCCCC)COP(=O)(O)OC[C@H](O)COP(=O)(O)OC[C@@H](COC(=O)CCCCCCC/C=C\C=C/CCCCCC)OC(=O)CCCCCCC/C=C\CCCCCC. The molecule has 2 unspecified atom stereocenters. The molecule has 5 atom stereocenters. The monoisotopic (exact) mass is 1450 g/mol. The molecule has 0 saturated carbocycles. The van der Waals surface area contributed by atoms with Crippen molar-refractivity contribution in [2.75, 3.05) is 39.6 Å². The van der Waals surface area contributed by atoms with Gasteiger partial charge in [0.2, 0.25) is 0 Å². The second kappa shape index (κ2) is 73.0. The Labute approximate surface area is 607 Å². The summed E-state index contributed by atoms with van der Waals surface area (Å²) in [6.07, 6.45) is 77.9. The van der Waals surface area contributed by atoms with Crippen LogP contribution in [-0.2, 0) is 65.4 Å². The van der Waals surface area contributed by atoms with Gasteiger partial charge in [-0.15, -0.1) is 0 Å². The summed E-state index contributed by atoms with van der Waals surface area (Å²) in [4.78, 5) is 72.9. The maximum atomic E-state index is 13.1. The van der Waals surface area contributed by atoms with E-state index in [9.17, 15) is 43.2 Å². The summed E-state index contributed by atoms with van der Waals surface area (Å²) in [5, 5.41) is 10.6. The van der Waals surface area contributed by atoms with Gasteiger partial charge in [0.1, 0.15) is 19.3 Å². The van der Waals surface area contributed by atoms with Gasteiger partial charge in [-0.2, -0.15) is 0 Å². The van der Waals surface area contributed by atoms with E-state index in [4.69, 9.17) is 37.0 Å². The van der Waals surface area contributed by atoms with Gasteiger partial charge in [-0.05, 0) is 141 Å². The van der Waals surface area contributed by atoms with Crippen molar-refractivity contribution >= 4 is 39.5 Å². The lowest BCUT2D eigenvalue weighted by atomic mass is 10.1. The first kappa shape index (κ1) is 95.7. The maximum absolute atomic E-state index is 13.1. The predicted octanol–water partition coefficient (Wildman–Crippen LogP) is 22.6. The lowest BCUT2D eigenvalue weighted by Crippen LogP contribution is -2.30. The molecule has 0 aromatic heterocycles. The molecule has 100 heavy (non-hydrogen) atoms. The van der Waals surface area contributed by atoms with Gasteiger partial charge in [-0.3, -0.25) is 37.3 Å². The van der Waals surface area contributed by atoms with Crippen LogP contribution in [0.5, 0.6) is 0 Å². The zero-order valence-corrected chi connectivity index (χ0v) is 64.6. The summed E-state index contributed by atoms with van der Waals surface area (Å²) in [6.45, 7) is 4.70. The second-order valence-electron chi connectivity index (χ2n) is 26.0. The molecule has 0 radical (unpaired) electrons. The second-order valence-corrected chi connectivity index (χ2v) is 28.9. The number of aliphatic hydroxyl groups is 1. The molecule has 0 rings (SSSR count). The standard InChI is InChI=1S/C81H140O17P2/c1-5-9-13-17-21-25-29-33-36-37-40-44-48-52-56-60-64-68-81(86)98-77(72-92-79(84)66-62-58-54-50-46-43-39-35-31-27-23-19-15-11-7-3)74-96-100(89,90)94-70-75(82)69-93-99(87,88)95-73-76(97-80(85)67-63-59-55-51-47-41-32-28-24-20-16-12-8-4)71-91-78(83)65-61-57-53-49-45-42-38-34-30-26-22-18-14-10-6-2/h21,25-28,30-36,38-40,44,52,56,75-77,82H,5-20,22-24,29,37,41-43,45-51,53-55,57-74H2,1-4H3,(H,87,88)(H,89,90)/b25-21-,30-26-,31-27-,32-28-,36-33-,38-34-,39-35-,44-40-,56-52-/t75-,76-,77-/m1/s1. The van der Waals surface area contributed by atoms with E-state index in [2.05, 4.69) is 125 Å². The maximum Gasteiger partial charge on any atom is 0.472 e. The summed E-state index contributed by atoms with van der Waals surface area (Å²) >= 11 is 0. The first-order valence-electron chi connectivity index (χ1n) is 39.2. The molecular weight excluding hydrogens is 1310 g/mol. The van der Waals surface area contributed by atoms with Gasteiger partial charge in [0, 0.05) is 25.7 Å². The van der Waals surface area contributed by atoms with E-state index in [1.807, 2.05) is 12.2 Å². The van der Waals surface area contributed by atoms with Crippen molar-refractivity contribution < 1.29 is 80.2 Å². The van der Waals surface area contributed by atoms with Crippen molar-refractivity contribution in [2.24, 2.45) is 0 Å². The first-order valence-corrected chi connectivity index (χ1v) is 42.2. The van der Waals surface area contributed by atoms with Crippen LogP contribution in [0.4, 0.5) is 0 Å². The van der Waals surface area contributed by atoms with E-state index < -0.39 is 97.5 Å². The van der Waals surface area contributed by atoms with Crippen molar-refractivity contribution in [1.29, 1.82) is 0 Å². The van der Waals surface area contributed by atoms with E-state index in [0.717, 1.165) is 141 Å². The molecule has 0 fully saturated rings. The Balaban J connectivity index is 5.43. The lowest BCUT2D eigenvalue weighted by molar-refractivity contribution is -0.161. The van der Waals surface area contributed by atoms with E-state index in [-0.39, 0.29) is 25.7 Å². The summed E-state index contributed by atoms with van der Waals surface area (Å²) in [6, 6.07) is 0. The Morgan fingerprint density at radius 3 is 0.880 bits per heavy atom. The number of rotatable bonds is 73. The van der Waals surface area contributed by atoms with Gasteiger partial charge in [0.15, 0.2) is 12.2 Å². The number of carbonyl (C=O) groups excluding carboxylic acids is 4. The highest BCUT2D eigenvalue weighted by Crippen LogP contribution is 2.45. The van der Waals surface area contributed by atoms with Crippen LogP contribution in [0.25, 0.3) is 0 Å². The van der Waals surface area contributed by atoms with Crippen molar-refractivity contribution in [2.45, 2.75) is 341 Å². The van der Waals surface area contributed by atoms with E-state index in [1.54, 1.807) is 0 Å². The molecule has 0 aliphatic carbocycles.